The monoisotopic (exact) mass is 489 g/mol. The molecular weight excluding hydrogens is 466 g/mol. The Morgan fingerprint density at radius 3 is 2.80 bits per heavy atom. The van der Waals surface area contributed by atoms with Crippen LogP contribution < -0.4 is 11.1 Å². The molecule has 1 aromatic carbocycles. The van der Waals surface area contributed by atoms with Crippen LogP contribution in [0.2, 0.25) is 5.02 Å². The summed E-state index contributed by atoms with van der Waals surface area (Å²) in [5, 5.41) is 8.45. The number of anilines is 1. The van der Waals surface area contributed by atoms with E-state index in [0.717, 1.165) is 28.9 Å². The van der Waals surface area contributed by atoms with Crippen molar-refractivity contribution in [2.24, 2.45) is 5.73 Å². The molecular formula is C25H24ClN7O2. The molecule has 1 saturated heterocycles. The molecule has 178 valence electrons. The molecule has 3 N–H and O–H groups in total. The van der Waals surface area contributed by atoms with Crippen LogP contribution in [0.3, 0.4) is 0 Å². The van der Waals surface area contributed by atoms with Gasteiger partial charge in [-0.25, -0.2) is 4.98 Å². The molecule has 0 aliphatic carbocycles. The number of nitrogens with one attached hydrogen (secondary N) is 1. The summed E-state index contributed by atoms with van der Waals surface area (Å²) in [6.45, 7) is 3.01. The average molecular weight is 490 g/mol. The predicted molar refractivity (Wildman–Crippen MR) is 133 cm³/mol. The van der Waals surface area contributed by atoms with Crippen molar-refractivity contribution in [2.75, 3.05) is 11.9 Å². The van der Waals surface area contributed by atoms with Gasteiger partial charge < -0.3 is 16.0 Å². The number of aryl methyl sites for hydroxylation is 1. The van der Waals surface area contributed by atoms with Crippen LogP contribution >= 0.6 is 11.6 Å². The Kier molecular flexibility index (Phi) is 6.08. The van der Waals surface area contributed by atoms with Crippen LogP contribution in [-0.2, 0) is 11.3 Å². The first-order valence-corrected chi connectivity index (χ1v) is 11.7. The number of halogens is 1. The second kappa shape index (κ2) is 9.34. The number of nitrogens with zero attached hydrogens (tertiary/aromatic N) is 5. The molecule has 5 rings (SSSR count). The van der Waals surface area contributed by atoms with Gasteiger partial charge >= 0.3 is 0 Å². The number of fused-ring (bicyclic) bond motifs is 1. The molecule has 0 saturated carbocycles. The zero-order chi connectivity index (χ0) is 24.5. The fourth-order valence-corrected chi connectivity index (χ4v) is 4.59. The van der Waals surface area contributed by atoms with E-state index in [4.69, 9.17) is 17.3 Å². The quantitative estimate of drug-likeness (QED) is 0.428. The number of hydrogen-bond acceptors (Lipinski definition) is 6. The van der Waals surface area contributed by atoms with Crippen LogP contribution in [-0.4, -0.2) is 48.9 Å². The number of nitrogens with two attached hydrogens (primary N) is 1. The Hall–Kier alpha value is -3.98. The minimum absolute atomic E-state index is 0.264. The summed E-state index contributed by atoms with van der Waals surface area (Å²) in [5.41, 5.74) is 9.87. The normalized spacial score (nSPS) is 15.5. The van der Waals surface area contributed by atoms with Gasteiger partial charge in [-0.05, 0) is 49.1 Å². The van der Waals surface area contributed by atoms with Gasteiger partial charge in [0.2, 0.25) is 5.91 Å². The molecule has 9 nitrogen and oxygen atoms in total. The van der Waals surface area contributed by atoms with Crippen molar-refractivity contribution in [3.8, 4) is 11.3 Å². The van der Waals surface area contributed by atoms with Crippen molar-refractivity contribution in [1.82, 2.24) is 24.5 Å². The van der Waals surface area contributed by atoms with Gasteiger partial charge in [0.25, 0.3) is 5.91 Å². The minimum Gasteiger partial charge on any atom is -0.368 e. The molecule has 1 atom stereocenters. The van der Waals surface area contributed by atoms with Gasteiger partial charge in [-0.1, -0.05) is 23.7 Å². The molecule has 4 aromatic rings. The highest BCUT2D eigenvalue weighted by Crippen LogP contribution is 2.25. The first-order valence-electron chi connectivity index (χ1n) is 11.3. The minimum atomic E-state index is -0.578. The molecule has 3 aromatic heterocycles. The number of rotatable bonds is 6. The summed E-state index contributed by atoms with van der Waals surface area (Å²) in [6.07, 6.45) is 4.62. The second-order valence-electron chi connectivity index (χ2n) is 8.57. The van der Waals surface area contributed by atoms with E-state index in [9.17, 15) is 9.59 Å². The lowest BCUT2D eigenvalue weighted by molar-refractivity contribution is -0.121. The molecule has 2 amide bonds. The Labute approximate surface area is 206 Å². The zero-order valence-electron chi connectivity index (χ0n) is 19.1. The zero-order valence-corrected chi connectivity index (χ0v) is 19.9. The average Bonchev–Trinajstić information content (AvgIpc) is 3.53. The molecule has 0 bridgehead atoms. The van der Waals surface area contributed by atoms with Crippen LogP contribution in [0.1, 0.15) is 34.5 Å². The van der Waals surface area contributed by atoms with Crippen LogP contribution in [0.5, 0.6) is 0 Å². The third-order valence-electron chi connectivity index (χ3n) is 6.15. The maximum absolute atomic E-state index is 12.9. The number of hydrogen-bond donors (Lipinski definition) is 2. The van der Waals surface area contributed by atoms with Crippen molar-refractivity contribution in [1.29, 1.82) is 0 Å². The fraction of sp³-hybridized carbons (Fsp3) is 0.240. The van der Waals surface area contributed by atoms with E-state index in [2.05, 4.69) is 20.4 Å². The van der Waals surface area contributed by atoms with E-state index in [-0.39, 0.29) is 11.6 Å². The maximum atomic E-state index is 12.9. The molecule has 1 unspecified atom stereocenters. The summed E-state index contributed by atoms with van der Waals surface area (Å²) in [6, 6.07) is 12.5. The summed E-state index contributed by atoms with van der Waals surface area (Å²) in [5.74, 6) is -0.0414. The molecule has 1 aliphatic heterocycles. The van der Waals surface area contributed by atoms with Gasteiger partial charge in [-0.3, -0.25) is 14.6 Å². The summed E-state index contributed by atoms with van der Waals surface area (Å²) >= 11 is 6.39. The molecule has 1 aliphatic rings. The number of primary amides is 1. The third-order valence-corrected chi connectivity index (χ3v) is 6.50. The summed E-state index contributed by atoms with van der Waals surface area (Å²) in [7, 11) is 0. The van der Waals surface area contributed by atoms with Crippen molar-refractivity contribution >= 4 is 34.9 Å². The maximum Gasteiger partial charge on any atom is 0.273 e. The second-order valence-corrected chi connectivity index (χ2v) is 8.97. The molecule has 4 heterocycles. The smallest absolute Gasteiger partial charge is 0.273 e. The first-order chi connectivity index (χ1) is 16.9. The summed E-state index contributed by atoms with van der Waals surface area (Å²) in [4.78, 5) is 35.1. The molecule has 35 heavy (non-hydrogen) atoms. The van der Waals surface area contributed by atoms with E-state index in [1.807, 2.05) is 37.3 Å². The lowest BCUT2D eigenvalue weighted by atomic mass is 10.1. The molecule has 0 spiro atoms. The number of benzene rings is 1. The van der Waals surface area contributed by atoms with E-state index in [0.29, 0.717) is 35.9 Å². The van der Waals surface area contributed by atoms with Gasteiger partial charge in [-0.15, -0.1) is 0 Å². The lowest BCUT2D eigenvalue weighted by Crippen LogP contribution is -2.43. The molecule has 10 heteroatoms. The predicted octanol–water partition coefficient (Wildman–Crippen LogP) is 3.46. The SMILES string of the molecule is Cc1ccc(CNc2cc(-c3ccc(C(=O)N4CCCC4C(N)=O)nc3)nc3ccnn23)c(Cl)c1. The summed E-state index contributed by atoms with van der Waals surface area (Å²) < 4.78 is 1.72. The number of carbonyl (C=O) groups excluding carboxylic acids is 2. The lowest BCUT2D eigenvalue weighted by Gasteiger charge is -2.21. The van der Waals surface area contributed by atoms with Crippen LogP contribution in [0.25, 0.3) is 16.9 Å². The van der Waals surface area contributed by atoms with Gasteiger partial charge in [0.1, 0.15) is 17.6 Å². The Morgan fingerprint density at radius 1 is 1.20 bits per heavy atom. The van der Waals surface area contributed by atoms with Crippen molar-refractivity contribution in [2.45, 2.75) is 32.4 Å². The highest BCUT2D eigenvalue weighted by molar-refractivity contribution is 6.31. The highest BCUT2D eigenvalue weighted by atomic mass is 35.5. The van der Waals surface area contributed by atoms with Crippen LogP contribution in [0, 0.1) is 6.92 Å². The standard InChI is InChI=1S/C25H24ClN7O2/c1-15-4-5-16(18(26)11-15)13-29-23-12-20(31-22-8-9-30-33(22)23)17-6-7-19(28-14-17)25(35)32-10-2-3-21(32)24(27)34/h4-9,11-12,14,21,29H,2-3,10,13H2,1H3,(H2,27,34). The van der Waals surface area contributed by atoms with Gasteiger partial charge in [0, 0.05) is 42.0 Å². The number of likely N-dealkylation sites (tertiary alicyclic amines) is 1. The number of carbonyl (C=O) groups is 2. The number of pyridine rings is 1. The van der Waals surface area contributed by atoms with E-state index >= 15 is 0 Å². The van der Waals surface area contributed by atoms with Gasteiger partial charge in [-0.2, -0.15) is 9.61 Å². The topological polar surface area (TPSA) is 119 Å². The highest BCUT2D eigenvalue weighted by Gasteiger charge is 2.33. The largest absolute Gasteiger partial charge is 0.368 e. The Bertz CT molecular complexity index is 1420. The Morgan fingerprint density at radius 2 is 2.06 bits per heavy atom. The van der Waals surface area contributed by atoms with Crippen molar-refractivity contribution in [3.63, 3.8) is 0 Å². The number of aromatic nitrogens is 4. The molecule has 1 fully saturated rings. The third kappa shape index (κ3) is 4.54. The van der Waals surface area contributed by atoms with Crippen molar-refractivity contribution in [3.05, 3.63) is 76.7 Å². The van der Waals surface area contributed by atoms with Crippen LogP contribution in [0.4, 0.5) is 5.82 Å². The van der Waals surface area contributed by atoms with E-state index in [1.165, 1.54) is 4.90 Å². The number of amides is 2. The van der Waals surface area contributed by atoms with Gasteiger partial charge in [0.05, 0.1) is 11.9 Å². The fourth-order valence-electron chi connectivity index (χ4n) is 4.29. The van der Waals surface area contributed by atoms with E-state index < -0.39 is 11.9 Å². The van der Waals surface area contributed by atoms with E-state index in [1.54, 1.807) is 29.0 Å². The van der Waals surface area contributed by atoms with Crippen LogP contribution in [0.15, 0.2) is 54.9 Å². The van der Waals surface area contributed by atoms with Crippen molar-refractivity contribution < 1.29 is 9.59 Å². The molecule has 0 radical (unpaired) electrons. The first kappa shape index (κ1) is 22.8. The Balaban J connectivity index is 1.40. The van der Waals surface area contributed by atoms with Gasteiger partial charge in [0.15, 0.2) is 5.65 Å².